The smallest absolute Gasteiger partial charge is 0.153 e. The third kappa shape index (κ3) is 4.65. The largest absolute Gasteiger partial charge is 0.323 e. The molecule has 0 fully saturated rings. The van der Waals surface area contributed by atoms with Gasteiger partial charge in [-0.2, -0.15) is 5.10 Å². The number of hydrogen-bond acceptors (Lipinski definition) is 5. The van der Waals surface area contributed by atoms with Crippen molar-refractivity contribution in [3.8, 4) is 11.3 Å². The number of anilines is 2. The van der Waals surface area contributed by atoms with E-state index < -0.39 is 0 Å². The summed E-state index contributed by atoms with van der Waals surface area (Å²) < 4.78 is 2.07. The predicted octanol–water partition coefficient (Wildman–Crippen LogP) is 4.57. The Morgan fingerprint density at radius 1 is 1.03 bits per heavy atom. The summed E-state index contributed by atoms with van der Waals surface area (Å²) in [5.41, 5.74) is 6.04. The normalized spacial score (nSPS) is 14.0. The first-order valence-electron chi connectivity index (χ1n) is 10.6. The number of likely N-dealkylation sites (N-methyl/N-ethyl adjacent to an activating group) is 1. The molecule has 1 aromatic carbocycles. The fourth-order valence-electron chi connectivity index (χ4n) is 3.87. The number of nitrogens with zero attached hydrogens (tertiary/aromatic N) is 5. The lowest BCUT2D eigenvalue weighted by Gasteiger charge is -2.22. The number of fused-ring (bicyclic) bond motifs is 1. The summed E-state index contributed by atoms with van der Waals surface area (Å²) in [4.78, 5) is 11.2. The maximum atomic E-state index is 4.66. The molecule has 0 spiro atoms. The van der Waals surface area contributed by atoms with Crippen molar-refractivity contribution in [1.29, 1.82) is 0 Å². The molecule has 1 N–H and O–H groups in total. The molecule has 3 aromatic rings. The first-order chi connectivity index (χ1) is 14.1. The van der Waals surface area contributed by atoms with E-state index in [0.717, 1.165) is 48.9 Å². The first kappa shape index (κ1) is 19.6. The van der Waals surface area contributed by atoms with Crippen molar-refractivity contribution in [2.45, 2.75) is 52.6 Å². The first-order valence-corrected chi connectivity index (χ1v) is 10.6. The SMILES string of the molecule is CCCCCc1ccc(-c2cc(Nc3cc4n(n3)CCN(C)C4)ncn2)cc1C. The number of hydrogen-bond donors (Lipinski definition) is 1. The zero-order chi connectivity index (χ0) is 20.2. The number of aromatic nitrogens is 4. The average Bonchev–Trinajstić information content (AvgIpc) is 3.10. The number of unbranched alkanes of at least 4 members (excludes halogenated alkanes) is 2. The van der Waals surface area contributed by atoms with Gasteiger partial charge >= 0.3 is 0 Å². The van der Waals surface area contributed by atoms with Gasteiger partial charge in [0.15, 0.2) is 5.82 Å². The Morgan fingerprint density at radius 3 is 2.76 bits per heavy atom. The fraction of sp³-hybridized carbons (Fsp3) is 0.435. The van der Waals surface area contributed by atoms with Crippen LogP contribution in [0.2, 0.25) is 0 Å². The lowest BCUT2D eigenvalue weighted by atomic mass is 9.99. The molecule has 1 aliphatic heterocycles. The molecule has 0 aliphatic carbocycles. The van der Waals surface area contributed by atoms with Gasteiger partial charge in [-0.15, -0.1) is 0 Å². The predicted molar refractivity (Wildman–Crippen MR) is 117 cm³/mol. The van der Waals surface area contributed by atoms with E-state index in [2.05, 4.69) is 75.1 Å². The van der Waals surface area contributed by atoms with Crippen LogP contribution in [0.3, 0.4) is 0 Å². The molecule has 0 unspecified atom stereocenters. The molecule has 4 rings (SSSR count). The number of aryl methyl sites for hydroxylation is 2. The lowest BCUT2D eigenvalue weighted by Crippen LogP contribution is -2.30. The van der Waals surface area contributed by atoms with Crippen molar-refractivity contribution < 1.29 is 0 Å². The number of benzene rings is 1. The Kier molecular flexibility index (Phi) is 5.90. The summed E-state index contributed by atoms with van der Waals surface area (Å²) in [5, 5.41) is 8.01. The van der Waals surface area contributed by atoms with Crippen LogP contribution in [0.5, 0.6) is 0 Å². The van der Waals surface area contributed by atoms with E-state index >= 15 is 0 Å². The molecule has 0 saturated heterocycles. The van der Waals surface area contributed by atoms with E-state index in [1.807, 2.05) is 6.07 Å². The van der Waals surface area contributed by atoms with Crippen LogP contribution < -0.4 is 5.32 Å². The van der Waals surface area contributed by atoms with Gasteiger partial charge < -0.3 is 5.32 Å². The van der Waals surface area contributed by atoms with Crippen LogP contribution in [0.1, 0.15) is 43.0 Å². The van der Waals surface area contributed by atoms with Crippen LogP contribution in [0.4, 0.5) is 11.6 Å². The minimum absolute atomic E-state index is 0.767. The van der Waals surface area contributed by atoms with Gasteiger partial charge in [0.1, 0.15) is 12.1 Å². The van der Waals surface area contributed by atoms with Crippen LogP contribution in [-0.4, -0.2) is 38.2 Å². The standard InChI is InChI=1S/C23H30N6/c1-4-5-6-7-18-8-9-19(12-17(18)2)21-14-22(25-16-24-21)26-23-13-20-15-28(3)10-11-29(20)27-23/h8-9,12-14,16H,4-7,10-11,15H2,1-3H3,(H,24,25,26,27). The highest BCUT2D eigenvalue weighted by atomic mass is 15.4. The maximum Gasteiger partial charge on any atom is 0.153 e. The topological polar surface area (TPSA) is 58.9 Å². The Balaban J connectivity index is 1.50. The summed E-state index contributed by atoms with van der Waals surface area (Å²) in [6.45, 7) is 7.31. The molecule has 0 saturated carbocycles. The average molecular weight is 391 g/mol. The molecule has 0 bridgehead atoms. The van der Waals surface area contributed by atoms with Crippen LogP contribution >= 0.6 is 0 Å². The second kappa shape index (κ2) is 8.74. The van der Waals surface area contributed by atoms with Gasteiger partial charge in [-0.05, 0) is 44.0 Å². The Morgan fingerprint density at radius 2 is 1.93 bits per heavy atom. The second-order valence-electron chi connectivity index (χ2n) is 7.99. The molecule has 29 heavy (non-hydrogen) atoms. The van der Waals surface area contributed by atoms with E-state index in [4.69, 9.17) is 0 Å². The molecule has 2 aromatic heterocycles. The molecule has 0 amide bonds. The van der Waals surface area contributed by atoms with Gasteiger partial charge in [-0.25, -0.2) is 9.97 Å². The van der Waals surface area contributed by atoms with Crippen LogP contribution in [-0.2, 0) is 19.5 Å². The fourth-order valence-corrected chi connectivity index (χ4v) is 3.87. The summed E-state index contributed by atoms with van der Waals surface area (Å²) in [7, 11) is 2.14. The summed E-state index contributed by atoms with van der Waals surface area (Å²) in [6.07, 6.45) is 6.56. The van der Waals surface area contributed by atoms with Crippen molar-refractivity contribution in [3.63, 3.8) is 0 Å². The van der Waals surface area contributed by atoms with Crippen LogP contribution in [0.25, 0.3) is 11.3 Å². The quantitative estimate of drug-likeness (QED) is 0.599. The van der Waals surface area contributed by atoms with Crippen molar-refractivity contribution in [2.24, 2.45) is 0 Å². The van der Waals surface area contributed by atoms with E-state index in [9.17, 15) is 0 Å². The summed E-state index contributed by atoms with van der Waals surface area (Å²) in [5.74, 6) is 1.60. The highest BCUT2D eigenvalue weighted by Crippen LogP contribution is 2.25. The summed E-state index contributed by atoms with van der Waals surface area (Å²) >= 11 is 0. The minimum atomic E-state index is 0.767. The highest BCUT2D eigenvalue weighted by molar-refractivity contribution is 5.65. The van der Waals surface area contributed by atoms with Gasteiger partial charge in [0.2, 0.25) is 0 Å². The molecular weight excluding hydrogens is 360 g/mol. The highest BCUT2D eigenvalue weighted by Gasteiger charge is 2.16. The van der Waals surface area contributed by atoms with Crippen molar-refractivity contribution in [2.75, 3.05) is 18.9 Å². The van der Waals surface area contributed by atoms with Crippen molar-refractivity contribution in [1.82, 2.24) is 24.6 Å². The second-order valence-corrected chi connectivity index (χ2v) is 7.99. The number of rotatable bonds is 7. The van der Waals surface area contributed by atoms with Crippen molar-refractivity contribution >= 4 is 11.6 Å². The molecule has 6 nitrogen and oxygen atoms in total. The Hall–Kier alpha value is -2.73. The third-order valence-electron chi connectivity index (χ3n) is 5.60. The molecule has 6 heteroatoms. The summed E-state index contributed by atoms with van der Waals surface area (Å²) in [6, 6.07) is 10.8. The minimum Gasteiger partial charge on any atom is -0.323 e. The van der Waals surface area contributed by atoms with Gasteiger partial charge in [-0.3, -0.25) is 9.58 Å². The monoisotopic (exact) mass is 390 g/mol. The molecule has 152 valence electrons. The van der Waals surface area contributed by atoms with Gasteiger partial charge in [0.05, 0.1) is 17.9 Å². The molecule has 1 aliphatic rings. The van der Waals surface area contributed by atoms with Crippen LogP contribution in [0.15, 0.2) is 36.7 Å². The third-order valence-corrected chi connectivity index (χ3v) is 5.60. The molecular formula is C23H30N6. The molecule has 0 atom stereocenters. The molecule has 3 heterocycles. The van der Waals surface area contributed by atoms with Gasteiger partial charge in [-0.1, -0.05) is 31.9 Å². The van der Waals surface area contributed by atoms with Crippen LogP contribution in [0, 0.1) is 6.92 Å². The number of nitrogens with one attached hydrogen (secondary N) is 1. The molecule has 0 radical (unpaired) electrons. The van der Waals surface area contributed by atoms with E-state index in [0.29, 0.717) is 0 Å². The van der Waals surface area contributed by atoms with E-state index in [-0.39, 0.29) is 0 Å². The Bertz CT molecular complexity index is 977. The lowest BCUT2D eigenvalue weighted by molar-refractivity contribution is 0.259. The van der Waals surface area contributed by atoms with E-state index in [1.165, 1.54) is 36.1 Å². The Labute approximate surface area is 173 Å². The van der Waals surface area contributed by atoms with Crippen molar-refractivity contribution in [3.05, 3.63) is 53.5 Å². The van der Waals surface area contributed by atoms with E-state index in [1.54, 1.807) is 6.33 Å². The van der Waals surface area contributed by atoms with Gasteiger partial charge in [0, 0.05) is 30.8 Å². The van der Waals surface area contributed by atoms with Gasteiger partial charge in [0.25, 0.3) is 0 Å². The zero-order valence-electron chi connectivity index (χ0n) is 17.6. The zero-order valence-corrected chi connectivity index (χ0v) is 17.6. The maximum absolute atomic E-state index is 4.66.